The Hall–Kier alpha value is -1.35. The number of hydrogen-bond acceptors (Lipinski definition) is 3. The van der Waals surface area contributed by atoms with E-state index < -0.39 is 0 Å². The summed E-state index contributed by atoms with van der Waals surface area (Å²) in [4.78, 5) is 10.1. The number of rotatable bonds is 10. The first kappa shape index (κ1) is 20.0. The Kier molecular flexibility index (Phi) is 8.47. The van der Waals surface area contributed by atoms with Crippen LogP contribution in [0.5, 0.6) is 0 Å². The molecule has 0 N–H and O–H groups in total. The first-order valence-electron chi connectivity index (χ1n) is 9.77. The molecular formula is C22H32N2S. The standard InChI is InChI=1S/C22H32N2S/c1-4-6-7-8-9-10-19-15-23-22(24-16-19)20-12-11-18(14-21(20)25)13-17(3)5-2/h11-12,14-17,25H,4-10,13H2,1-3H3. The molecule has 0 fully saturated rings. The minimum absolute atomic E-state index is 0.700. The van der Waals surface area contributed by atoms with Gasteiger partial charge in [-0.15, -0.1) is 12.6 Å². The van der Waals surface area contributed by atoms with Crippen molar-refractivity contribution in [2.45, 2.75) is 77.0 Å². The number of aromatic nitrogens is 2. The molecule has 0 saturated carbocycles. The van der Waals surface area contributed by atoms with Crippen molar-refractivity contribution in [1.29, 1.82) is 0 Å². The fraction of sp³-hybridized carbons (Fsp3) is 0.545. The summed E-state index contributed by atoms with van der Waals surface area (Å²) in [5.74, 6) is 1.47. The smallest absolute Gasteiger partial charge is 0.160 e. The minimum atomic E-state index is 0.700. The van der Waals surface area contributed by atoms with Crippen LogP contribution in [0.3, 0.4) is 0 Å². The molecule has 0 aliphatic heterocycles. The van der Waals surface area contributed by atoms with Crippen LogP contribution in [-0.2, 0) is 12.8 Å². The molecule has 136 valence electrons. The van der Waals surface area contributed by atoms with Gasteiger partial charge in [0.15, 0.2) is 5.82 Å². The maximum absolute atomic E-state index is 4.67. The van der Waals surface area contributed by atoms with Gasteiger partial charge in [-0.05, 0) is 48.4 Å². The fourth-order valence-electron chi connectivity index (χ4n) is 3.00. The second-order valence-electron chi connectivity index (χ2n) is 7.15. The van der Waals surface area contributed by atoms with E-state index in [-0.39, 0.29) is 0 Å². The van der Waals surface area contributed by atoms with Gasteiger partial charge in [0.05, 0.1) is 0 Å². The van der Waals surface area contributed by atoms with Crippen LogP contribution in [0.1, 0.15) is 70.4 Å². The van der Waals surface area contributed by atoms with Crippen LogP contribution in [0.25, 0.3) is 11.4 Å². The molecule has 0 spiro atoms. The third-order valence-electron chi connectivity index (χ3n) is 4.86. The molecule has 1 unspecified atom stereocenters. The summed E-state index contributed by atoms with van der Waals surface area (Å²) in [6.45, 7) is 6.77. The van der Waals surface area contributed by atoms with Gasteiger partial charge in [0.25, 0.3) is 0 Å². The molecule has 2 rings (SSSR count). The average molecular weight is 357 g/mol. The lowest BCUT2D eigenvalue weighted by Crippen LogP contribution is -1.99. The van der Waals surface area contributed by atoms with E-state index in [0.717, 1.165) is 29.1 Å². The summed E-state index contributed by atoms with van der Waals surface area (Å²) in [5.41, 5.74) is 3.59. The van der Waals surface area contributed by atoms with E-state index in [1.165, 1.54) is 49.7 Å². The number of benzene rings is 1. The molecule has 0 radical (unpaired) electrons. The third kappa shape index (κ3) is 6.47. The van der Waals surface area contributed by atoms with Gasteiger partial charge in [0.2, 0.25) is 0 Å². The Morgan fingerprint density at radius 3 is 2.32 bits per heavy atom. The van der Waals surface area contributed by atoms with Gasteiger partial charge in [-0.1, -0.05) is 58.9 Å². The third-order valence-corrected chi connectivity index (χ3v) is 5.23. The molecule has 0 amide bonds. The molecule has 1 heterocycles. The van der Waals surface area contributed by atoms with Crippen LogP contribution in [0.15, 0.2) is 35.5 Å². The first-order valence-corrected chi connectivity index (χ1v) is 10.2. The molecule has 0 saturated heterocycles. The molecule has 0 aliphatic rings. The summed E-state index contributed by atoms with van der Waals surface area (Å²) >= 11 is 4.67. The van der Waals surface area contributed by atoms with Crippen molar-refractivity contribution in [3.63, 3.8) is 0 Å². The molecule has 1 aromatic carbocycles. The van der Waals surface area contributed by atoms with Crippen molar-refractivity contribution >= 4 is 12.6 Å². The van der Waals surface area contributed by atoms with Crippen LogP contribution in [-0.4, -0.2) is 9.97 Å². The van der Waals surface area contributed by atoms with Gasteiger partial charge in [0, 0.05) is 22.9 Å². The Morgan fingerprint density at radius 2 is 1.68 bits per heavy atom. The lowest BCUT2D eigenvalue weighted by Gasteiger charge is -2.11. The van der Waals surface area contributed by atoms with Crippen molar-refractivity contribution in [3.8, 4) is 11.4 Å². The molecule has 0 aliphatic carbocycles. The second-order valence-corrected chi connectivity index (χ2v) is 7.63. The predicted molar refractivity (Wildman–Crippen MR) is 110 cm³/mol. The zero-order valence-corrected chi connectivity index (χ0v) is 16.9. The second kappa shape index (κ2) is 10.6. The van der Waals surface area contributed by atoms with E-state index in [1.54, 1.807) is 0 Å². The molecule has 1 atom stereocenters. The van der Waals surface area contributed by atoms with Crippen molar-refractivity contribution in [1.82, 2.24) is 9.97 Å². The van der Waals surface area contributed by atoms with Crippen LogP contribution >= 0.6 is 12.6 Å². The van der Waals surface area contributed by atoms with Crippen LogP contribution in [0, 0.1) is 5.92 Å². The van der Waals surface area contributed by atoms with Gasteiger partial charge >= 0.3 is 0 Å². The first-order chi connectivity index (χ1) is 12.1. The van der Waals surface area contributed by atoms with Crippen molar-refractivity contribution in [2.75, 3.05) is 0 Å². The van der Waals surface area contributed by atoms with Gasteiger partial charge in [-0.2, -0.15) is 0 Å². The average Bonchev–Trinajstić information content (AvgIpc) is 2.62. The number of unbranched alkanes of at least 4 members (excludes halogenated alkanes) is 4. The highest BCUT2D eigenvalue weighted by Gasteiger charge is 2.08. The fourth-order valence-corrected chi connectivity index (χ4v) is 3.34. The number of thiol groups is 1. The highest BCUT2D eigenvalue weighted by Crippen LogP contribution is 2.26. The van der Waals surface area contributed by atoms with E-state index in [1.807, 2.05) is 12.4 Å². The highest BCUT2D eigenvalue weighted by atomic mass is 32.1. The van der Waals surface area contributed by atoms with E-state index >= 15 is 0 Å². The Labute approximate surface area is 158 Å². The lowest BCUT2D eigenvalue weighted by atomic mass is 9.98. The normalized spacial score (nSPS) is 12.3. The van der Waals surface area contributed by atoms with E-state index in [0.29, 0.717) is 5.92 Å². The zero-order chi connectivity index (χ0) is 18.1. The number of hydrogen-bond donors (Lipinski definition) is 1. The van der Waals surface area contributed by atoms with Crippen LogP contribution < -0.4 is 0 Å². The molecule has 2 aromatic rings. The van der Waals surface area contributed by atoms with Crippen LogP contribution in [0.2, 0.25) is 0 Å². The van der Waals surface area contributed by atoms with Gasteiger partial charge in [-0.3, -0.25) is 0 Å². The Morgan fingerprint density at radius 1 is 0.960 bits per heavy atom. The van der Waals surface area contributed by atoms with E-state index in [9.17, 15) is 0 Å². The van der Waals surface area contributed by atoms with Gasteiger partial charge < -0.3 is 0 Å². The summed E-state index contributed by atoms with van der Waals surface area (Å²) in [7, 11) is 0. The maximum atomic E-state index is 4.67. The molecule has 25 heavy (non-hydrogen) atoms. The quantitative estimate of drug-likeness (QED) is 0.386. The van der Waals surface area contributed by atoms with Crippen molar-refractivity contribution in [2.24, 2.45) is 5.92 Å². The molecule has 1 aromatic heterocycles. The zero-order valence-electron chi connectivity index (χ0n) is 16.0. The SMILES string of the molecule is CCCCCCCc1cnc(-c2ccc(CC(C)CC)cc2S)nc1. The molecule has 3 heteroatoms. The summed E-state index contributed by atoms with van der Waals surface area (Å²) in [6.07, 6.45) is 13.8. The highest BCUT2D eigenvalue weighted by molar-refractivity contribution is 7.80. The van der Waals surface area contributed by atoms with Crippen molar-refractivity contribution in [3.05, 3.63) is 41.7 Å². The molecule has 0 bridgehead atoms. The maximum Gasteiger partial charge on any atom is 0.160 e. The lowest BCUT2D eigenvalue weighted by molar-refractivity contribution is 0.560. The summed E-state index contributed by atoms with van der Waals surface area (Å²) < 4.78 is 0. The van der Waals surface area contributed by atoms with E-state index in [2.05, 4.69) is 61.6 Å². The van der Waals surface area contributed by atoms with Gasteiger partial charge in [-0.25, -0.2) is 9.97 Å². The Bertz CT molecular complexity index is 637. The summed E-state index contributed by atoms with van der Waals surface area (Å²) in [5, 5.41) is 0. The van der Waals surface area contributed by atoms with Crippen LogP contribution in [0.4, 0.5) is 0 Å². The number of nitrogens with zero attached hydrogens (tertiary/aromatic N) is 2. The van der Waals surface area contributed by atoms with Gasteiger partial charge in [0.1, 0.15) is 0 Å². The molecular weight excluding hydrogens is 324 g/mol. The predicted octanol–water partition coefficient (Wildman–Crippen LogP) is 6.53. The monoisotopic (exact) mass is 356 g/mol. The van der Waals surface area contributed by atoms with Crippen molar-refractivity contribution < 1.29 is 0 Å². The number of aryl methyl sites for hydroxylation is 1. The Balaban J connectivity index is 1.97. The van der Waals surface area contributed by atoms with E-state index in [4.69, 9.17) is 0 Å². The molecule has 2 nitrogen and oxygen atoms in total. The topological polar surface area (TPSA) is 25.8 Å². The summed E-state index contributed by atoms with van der Waals surface area (Å²) in [6, 6.07) is 6.46. The largest absolute Gasteiger partial charge is 0.236 e. The minimum Gasteiger partial charge on any atom is -0.236 e.